The van der Waals surface area contributed by atoms with Crippen LogP contribution >= 0.6 is 0 Å². The van der Waals surface area contributed by atoms with Crippen molar-refractivity contribution in [3.63, 3.8) is 0 Å². The first-order valence-electron chi connectivity index (χ1n) is 21.9. The molecule has 0 spiro atoms. The van der Waals surface area contributed by atoms with Gasteiger partial charge >= 0.3 is 0 Å². The number of hydrogen-bond acceptors (Lipinski definition) is 7. The van der Waals surface area contributed by atoms with Gasteiger partial charge in [0.1, 0.15) is 22.3 Å². The predicted molar refractivity (Wildman–Crippen MR) is 266 cm³/mol. The summed E-state index contributed by atoms with van der Waals surface area (Å²) >= 11 is 0. The molecule has 0 aliphatic rings. The molecule has 0 bridgehead atoms. The van der Waals surface area contributed by atoms with Crippen LogP contribution in [0.15, 0.2) is 221 Å². The van der Waals surface area contributed by atoms with Crippen LogP contribution in [0, 0.1) is 0 Å². The van der Waals surface area contributed by atoms with Crippen LogP contribution in [0.4, 0.5) is 0 Å². The highest BCUT2D eigenvalue weighted by atomic mass is 16.3. The van der Waals surface area contributed by atoms with E-state index in [2.05, 4.69) is 140 Å². The normalized spacial score (nSPS) is 11.6. The number of fused-ring (bicyclic) bond motifs is 7. The van der Waals surface area contributed by atoms with Crippen molar-refractivity contribution in [2.75, 3.05) is 0 Å². The van der Waals surface area contributed by atoms with Gasteiger partial charge in [0.25, 0.3) is 0 Å². The molecule has 0 unspecified atom stereocenters. The van der Waals surface area contributed by atoms with Crippen LogP contribution in [0.1, 0.15) is 0 Å². The summed E-state index contributed by atoms with van der Waals surface area (Å²) in [6, 6.07) is 72.4. The first-order valence-corrected chi connectivity index (χ1v) is 21.9. The van der Waals surface area contributed by atoms with Gasteiger partial charge in [0.2, 0.25) is 0 Å². The number of aromatic nitrogens is 5. The summed E-state index contributed by atoms with van der Waals surface area (Å²) in [6.45, 7) is 0. The molecule has 13 rings (SSSR count). The molecule has 9 aromatic carbocycles. The van der Waals surface area contributed by atoms with Gasteiger partial charge < -0.3 is 8.83 Å². The van der Waals surface area contributed by atoms with Gasteiger partial charge in [0.15, 0.2) is 23.3 Å². The monoisotopic (exact) mass is 845 g/mol. The van der Waals surface area contributed by atoms with E-state index in [1.165, 1.54) is 0 Å². The Bertz CT molecular complexity index is 3890. The van der Waals surface area contributed by atoms with E-state index >= 15 is 0 Å². The number of hydrogen-bond donors (Lipinski definition) is 0. The summed E-state index contributed by atoms with van der Waals surface area (Å²) in [6.07, 6.45) is 0. The van der Waals surface area contributed by atoms with Gasteiger partial charge in [-0.3, -0.25) is 0 Å². The number of benzene rings is 9. The van der Waals surface area contributed by atoms with Crippen LogP contribution in [0.3, 0.4) is 0 Å². The molecule has 0 aliphatic heterocycles. The molecule has 4 aromatic heterocycles. The molecule has 0 aliphatic carbocycles. The first-order chi connectivity index (χ1) is 32.6. The zero-order valence-electron chi connectivity index (χ0n) is 35.3. The lowest BCUT2D eigenvalue weighted by atomic mass is 9.98. The van der Waals surface area contributed by atoms with Crippen molar-refractivity contribution in [1.29, 1.82) is 0 Å². The van der Waals surface area contributed by atoms with Gasteiger partial charge in [0.05, 0.1) is 11.4 Å². The van der Waals surface area contributed by atoms with Crippen molar-refractivity contribution in [3.8, 4) is 79.2 Å². The molecule has 4 heterocycles. The summed E-state index contributed by atoms with van der Waals surface area (Å²) in [5, 5.41) is 6.52. The summed E-state index contributed by atoms with van der Waals surface area (Å²) in [5.41, 5.74) is 12.4. The van der Waals surface area contributed by atoms with Gasteiger partial charge in [-0.1, -0.05) is 158 Å². The molecule has 7 heteroatoms. The lowest BCUT2D eigenvalue weighted by molar-refractivity contribution is 0.668. The Morgan fingerprint density at radius 3 is 1.33 bits per heavy atom. The summed E-state index contributed by atoms with van der Waals surface area (Å²) in [4.78, 5) is 25.7. The van der Waals surface area contributed by atoms with Crippen molar-refractivity contribution < 1.29 is 8.83 Å². The summed E-state index contributed by atoms with van der Waals surface area (Å²) in [5.74, 6) is 2.29. The molecule has 0 N–H and O–H groups in total. The standard InChI is InChI=1S/C59H35N5O2/c1-2-14-37(15-3-1)56-60-50(35-51(61-56)45-24-12-16-36-13-4-5-21-44(36)45)40-19-10-17-38(31-40)39-18-11-20-41(32-39)57-62-58(42-27-29-48-46-22-6-8-25-52(46)65-54(48)33-42)64-59(63-57)43-28-30-49-47-23-7-9-26-53(47)66-55(49)34-43/h1-35H. The van der Waals surface area contributed by atoms with Crippen LogP contribution < -0.4 is 0 Å². The first kappa shape index (κ1) is 37.5. The molecule has 0 amide bonds. The van der Waals surface area contributed by atoms with Crippen molar-refractivity contribution in [2.45, 2.75) is 0 Å². The fourth-order valence-corrected chi connectivity index (χ4v) is 9.09. The third-order valence-electron chi connectivity index (χ3n) is 12.3. The number of rotatable bonds is 7. The summed E-state index contributed by atoms with van der Waals surface area (Å²) in [7, 11) is 0. The van der Waals surface area contributed by atoms with Crippen LogP contribution in [0.5, 0.6) is 0 Å². The van der Waals surface area contributed by atoms with Gasteiger partial charge in [-0.15, -0.1) is 0 Å². The largest absolute Gasteiger partial charge is 0.456 e. The Kier molecular flexibility index (Phi) is 8.70. The van der Waals surface area contributed by atoms with Crippen molar-refractivity contribution in [1.82, 2.24) is 24.9 Å². The topological polar surface area (TPSA) is 90.7 Å². The van der Waals surface area contributed by atoms with E-state index in [-0.39, 0.29) is 0 Å². The average Bonchev–Trinajstić information content (AvgIpc) is 3.96. The molecule has 0 radical (unpaired) electrons. The molecule has 66 heavy (non-hydrogen) atoms. The van der Waals surface area contributed by atoms with Crippen LogP contribution in [0.25, 0.3) is 134 Å². The molecular weight excluding hydrogens is 811 g/mol. The predicted octanol–water partition coefficient (Wildman–Crippen LogP) is 15.3. The molecule has 0 atom stereocenters. The second-order valence-corrected chi connectivity index (χ2v) is 16.4. The van der Waals surface area contributed by atoms with E-state index in [9.17, 15) is 0 Å². The molecule has 0 saturated carbocycles. The molecule has 0 saturated heterocycles. The minimum absolute atomic E-state index is 0.537. The number of para-hydroxylation sites is 2. The number of nitrogens with zero attached hydrogens (tertiary/aromatic N) is 5. The fourth-order valence-electron chi connectivity index (χ4n) is 9.09. The van der Waals surface area contributed by atoms with Crippen LogP contribution in [-0.4, -0.2) is 24.9 Å². The van der Waals surface area contributed by atoms with E-state index in [0.717, 1.165) is 111 Å². The van der Waals surface area contributed by atoms with E-state index in [0.29, 0.717) is 23.3 Å². The Balaban J connectivity index is 0.928. The van der Waals surface area contributed by atoms with E-state index in [4.69, 9.17) is 33.8 Å². The van der Waals surface area contributed by atoms with E-state index in [1.54, 1.807) is 0 Å². The maximum absolute atomic E-state index is 6.31. The highest BCUT2D eigenvalue weighted by Crippen LogP contribution is 2.37. The van der Waals surface area contributed by atoms with Gasteiger partial charge in [-0.25, -0.2) is 24.9 Å². The minimum atomic E-state index is 0.537. The Morgan fingerprint density at radius 2 is 0.682 bits per heavy atom. The van der Waals surface area contributed by atoms with Gasteiger partial charge in [-0.05, 0) is 76.5 Å². The number of furan rings is 2. The Morgan fingerprint density at radius 1 is 0.242 bits per heavy atom. The molecular formula is C59H35N5O2. The van der Waals surface area contributed by atoms with Crippen molar-refractivity contribution in [2.24, 2.45) is 0 Å². The SMILES string of the molecule is c1ccc(-c2nc(-c3cccc(-c4cccc(-c5nc(-c6ccc7c(c6)oc6ccccc67)nc(-c6ccc7c(c6)oc6ccccc67)n5)c4)c3)cc(-c3cccc4ccccc34)n2)cc1. The maximum Gasteiger partial charge on any atom is 0.164 e. The molecule has 7 nitrogen and oxygen atoms in total. The van der Waals surface area contributed by atoms with Crippen LogP contribution in [0.2, 0.25) is 0 Å². The zero-order valence-corrected chi connectivity index (χ0v) is 35.3. The van der Waals surface area contributed by atoms with Crippen molar-refractivity contribution in [3.05, 3.63) is 212 Å². The van der Waals surface area contributed by atoms with E-state index in [1.807, 2.05) is 72.8 Å². The molecule has 13 aromatic rings. The second-order valence-electron chi connectivity index (χ2n) is 16.4. The highest BCUT2D eigenvalue weighted by Gasteiger charge is 2.18. The minimum Gasteiger partial charge on any atom is -0.456 e. The smallest absolute Gasteiger partial charge is 0.164 e. The lowest BCUT2D eigenvalue weighted by Gasteiger charge is -2.12. The third kappa shape index (κ3) is 6.57. The Labute approximate surface area is 378 Å². The second kappa shape index (κ2) is 15.3. The lowest BCUT2D eigenvalue weighted by Crippen LogP contribution is -2.00. The van der Waals surface area contributed by atoms with Crippen molar-refractivity contribution >= 4 is 54.6 Å². The Hall–Kier alpha value is -9.07. The third-order valence-corrected chi connectivity index (χ3v) is 12.3. The fraction of sp³-hybridized carbons (Fsp3) is 0. The summed E-state index contributed by atoms with van der Waals surface area (Å²) < 4.78 is 12.6. The zero-order chi connectivity index (χ0) is 43.6. The van der Waals surface area contributed by atoms with E-state index < -0.39 is 0 Å². The average molecular weight is 846 g/mol. The highest BCUT2D eigenvalue weighted by molar-refractivity contribution is 6.07. The molecule has 0 fully saturated rings. The van der Waals surface area contributed by atoms with Gasteiger partial charge in [0, 0.05) is 54.9 Å². The maximum atomic E-state index is 6.31. The van der Waals surface area contributed by atoms with Gasteiger partial charge in [-0.2, -0.15) is 0 Å². The molecule has 308 valence electrons. The van der Waals surface area contributed by atoms with Crippen LogP contribution in [-0.2, 0) is 0 Å². The quantitative estimate of drug-likeness (QED) is 0.158.